The molecule has 0 fully saturated rings. The average Bonchev–Trinajstić information content (AvgIpc) is 3.14. The molecule has 0 atom stereocenters. The van der Waals surface area contributed by atoms with Gasteiger partial charge in [-0.3, -0.25) is 0 Å². The Balaban J connectivity index is 1.48. The van der Waals surface area contributed by atoms with Crippen molar-refractivity contribution in [3.05, 3.63) is 78.6 Å². The molecular weight excluding hydrogens is 292 g/mol. The number of esters is 1. The monoisotopic (exact) mass is 308 g/mol. The van der Waals surface area contributed by atoms with Crippen LogP contribution in [-0.2, 0) is 4.74 Å². The molecule has 0 N–H and O–H groups in total. The molecule has 0 aliphatic heterocycles. The van der Waals surface area contributed by atoms with Gasteiger partial charge in [-0.15, -0.1) is 0 Å². The van der Waals surface area contributed by atoms with E-state index in [1.807, 2.05) is 54.7 Å². The number of hydrogen-bond donors (Lipinski definition) is 0. The predicted octanol–water partition coefficient (Wildman–Crippen LogP) is 3.11. The molecule has 0 spiro atoms. The molecule has 23 heavy (non-hydrogen) atoms. The standard InChI is InChI=1S/C18H16N2O3/c21-18(23-14-13-22-17-5-2-1-3-6-17)15-7-9-16(10-8-15)20-12-4-11-19-20/h1-12H,13-14H2. The Hall–Kier alpha value is -3.08. The summed E-state index contributed by atoms with van der Waals surface area (Å²) in [5.74, 6) is 0.390. The summed E-state index contributed by atoms with van der Waals surface area (Å²) in [5, 5.41) is 4.13. The maximum absolute atomic E-state index is 12.0. The summed E-state index contributed by atoms with van der Waals surface area (Å²) in [5.41, 5.74) is 1.39. The second-order valence-corrected chi connectivity index (χ2v) is 4.79. The molecule has 3 aromatic rings. The summed E-state index contributed by atoms with van der Waals surface area (Å²) in [6.07, 6.45) is 3.54. The third-order valence-corrected chi connectivity index (χ3v) is 3.20. The fraction of sp³-hybridized carbons (Fsp3) is 0.111. The highest BCUT2D eigenvalue weighted by Crippen LogP contribution is 2.10. The number of carbonyl (C=O) groups is 1. The van der Waals surface area contributed by atoms with Crippen LogP contribution in [0.2, 0.25) is 0 Å². The Kier molecular flexibility index (Phi) is 4.69. The molecule has 3 rings (SSSR count). The predicted molar refractivity (Wildman–Crippen MR) is 85.8 cm³/mol. The van der Waals surface area contributed by atoms with Gasteiger partial charge in [0.25, 0.3) is 0 Å². The molecule has 0 amide bonds. The van der Waals surface area contributed by atoms with E-state index in [-0.39, 0.29) is 12.6 Å². The van der Waals surface area contributed by atoms with Crippen LogP contribution < -0.4 is 4.74 Å². The first-order chi connectivity index (χ1) is 11.3. The minimum absolute atomic E-state index is 0.203. The Morgan fingerprint density at radius 1 is 0.957 bits per heavy atom. The van der Waals surface area contributed by atoms with Gasteiger partial charge in [0.2, 0.25) is 0 Å². The van der Waals surface area contributed by atoms with Crippen molar-refractivity contribution in [2.75, 3.05) is 13.2 Å². The zero-order valence-electron chi connectivity index (χ0n) is 12.5. The first-order valence-electron chi connectivity index (χ1n) is 7.28. The van der Waals surface area contributed by atoms with E-state index in [0.717, 1.165) is 11.4 Å². The fourth-order valence-electron chi connectivity index (χ4n) is 2.07. The van der Waals surface area contributed by atoms with Gasteiger partial charge in [0, 0.05) is 12.4 Å². The third kappa shape index (κ3) is 3.97. The summed E-state index contributed by atoms with van der Waals surface area (Å²) < 4.78 is 12.4. The first kappa shape index (κ1) is 14.8. The van der Waals surface area contributed by atoms with Crippen molar-refractivity contribution in [1.82, 2.24) is 9.78 Å². The number of rotatable bonds is 6. The van der Waals surface area contributed by atoms with E-state index in [1.165, 1.54) is 0 Å². The maximum atomic E-state index is 12.0. The Morgan fingerprint density at radius 3 is 2.43 bits per heavy atom. The molecule has 5 nitrogen and oxygen atoms in total. The van der Waals surface area contributed by atoms with Crippen LogP contribution in [0.1, 0.15) is 10.4 Å². The van der Waals surface area contributed by atoms with E-state index < -0.39 is 0 Å². The van der Waals surface area contributed by atoms with Crippen molar-refractivity contribution in [2.24, 2.45) is 0 Å². The molecule has 0 saturated carbocycles. The second-order valence-electron chi connectivity index (χ2n) is 4.79. The van der Waals surface area contributed by atoms with Gasteiger partial charge in [0.15, 0.2) is 0 Å². The van der Waals surface area contributed by atoms with E-state index in [9.17, 15) is 4.79 Å². The minimum Gasteiger partial charge on any atom is -0.490 e. The highest BCUT2D eigenvalue weighted by molar-refractivity contribution is 5.89. The summed E-state index contributed by atoms with van der Waals surface area (Å²) in [4.78, 5) is 12.0. The van der Waals surface area contributed by atoms with Crippen molar-refractivity contribution in [2.45, 2.75) is 0 Å². The smallest absolute Gasteiger partial charge is 0.338 e. The summed E-state index contributed by atoms with van der Waals surface area (Å²) >= 11 is 0. The lowest BCUT2D eigenvalue weighted by atomic mass is 10.2. The Labute approximate surface area is 134 Å². The van der Waals surface area contributed by atoms with E-state index in [2.05, 4.69) is 5.10 Å². The van der Waals surface area contributed by atoms with Crippen LogP contribution in [0.5, 0.6) is 5.75 Å². The fourth-order valence-corrected chi connectivity index (χ4v) is 2.07. The van der Waals surface area contributed by atoms with Crippen LogP contribution in [0.3, 0.4) is 0 Å². The van der Waals surface area contributed by atoms with Gasteiger partial charge in [-0.05, 0) is 42.5 Å². The number of hydrogen-bond acceptors (Lipinski definition) is 4. The summed E-state index contributed by atoms with van der Waals surface area (Å²) in [6, 6.07) is 18.3. The van der Waals surface area contributed by atoms with Gasteiger partial charge in [0.1, 0.15) is 19.0 Å². The van der Waals surface area contributed by atoms with Gasteiger partial charge in [-0.25, -0.2) is 9.48 Å². The van der Waals surface area contributed by atoms with E-state index in [1.54, 1.807) is 23.0 Å². The zero-order valence-corrected chi connectivity index (χ0v) is 12.5. The highest BCUT2D eigenvalue weighted by atomic mass is 16.6. The quantitative estimate of drug-likeness (QED) is 0.518. The van der Waals surface area contributed by atoms with Gasteiger partial charge in [0.05, 0.1) is 11.3 Å². The number of para-hydroxylation sites is 1. The summed E-state index contributed by atoms with van der Waals surface area (Å²) in [6.45, 7) is 0.524. The minimum atomic E-state index is -0.367. The average molecular weight is 308 g/mol. The van der Waals surface area contributed by atoms with Gasteiger partial charge in [-0.1, -0.05) is 18.2 Å². The Morgan fingerprint density at radius 2 is 1.74 bits per heavy atom. The van der Waals surface area contributed by atoms with Gasteiger partial charge >= 0.3 is 5.97 Å². The van der Waals surface area contributed by atoms with Crippen LogP contribution in [0.15, 0.2) is 73.1 Å². The highest BCUT2D eigenvalue weighted by Gasteiger charge is 2.07. The van der Waals surface area contributed by atoms with Crippen molar-refractivity contribution < 1.29 is 14.3 Å². The SMILES string of the molecule is O=C(OCCOc1ccccc1)c1ccc(-n2cccn2)cc1. The molecular formula is C18H16N2O3. The molecule has 0 aliphatic rings. The number of benzene rings is 2. The van der Waals surface area contributed by atoms with Crippen LogP contribution >= 0.6 is 0 Å². The van der Waals surface area contributed by atoms with Gasteiger partial charge in [-0.2, -0.15) is 5.10 Å². The largest absolute Gasteiger partial charge is 0.490 e. The zero-order chi connectivity index (χ0) is 15.9. The number of ether oxygens (including phenoxy) is 2. The van der Waals surface area contributed by atoms with Crippen LogP contribution in [0, 0.1) is 0 Å². The summed E-state index contributed by atoms with van der Waals surface area (Å²) in [7, 11) is 0. The Bertz CT molecular complexity index is 738. The molecule has 0 bridgehead atoms. The van der Waals surface area contributed by atoms with Gasteiger partial charge < -0.3 is 9.47 Å². The lowest BCUT2D eigenvalue weighted by Crippen LogP contribution is -2.12. The molecule has 2 aromatic carbocycles. The first-order valence-corrected chi connectivity index (χ1v) is 7.28. The topological polar surface area (TPSA) is 53.4 Å². The van der Waals surface area contributed by atoms with E-state index in [0.29, 0.717) is 12.2 Å². The van der Waals surface area contributed by atoms with E-state index >= 15 is 0 Å². The second kappa shape index (κ2) is 7.26. The molecule has 0 saturated heterocycles. The van der Waals surface area contributed by atoms with Crippen molar-refractivity contribution in [3.63, 3.8) is 0 Å². The molecule has 5 heteroatoms. The molecule has 1 heterocycles. The molecule has 0 radical (unpaired) electrons. The molecule has 116 valence electrons. The lowest BCUT2D eigenvalue weighted by Gasteiger charge is -2.08. The maximum Gasteiger partial charge on any atom is 0.338 e. The molecule has 1 aromatic heterocycles. The van der Waals surface area contributed by atoms with Crippen LogP contribution in [-0.4, -0.2) is 29.0 Å². The number of aromatic nitrogens is 2. The third-order valence-electron chi connectivity index (χ3n) is 3.20. The van der Waals surface area contributed by atoms with Crippen LogP contribution in [0.4, 0.5) is 0 Å². The van der Waals surface area contributed by atoms with Crippen LogP contribution in [0.25, 0.3) is 5.69 Å². The van der Waals surface area contributed by atoms with E-state index in [4.69, 9.17) is 9.47 Å². The lowest BCUT2D eigenvalue weighted by molar-refractivity contribution is 0.0450. The van der Waals surface area contributed by atoms with Crippen molar-refractivity contribution >= 4 is 5.97 Å². The van der Waals surface area contributed by atoms with Crippen molar-refractivity contribution in [1.29, 1.82) is 0 Å². The molecule has 0 aliphatic carbocycles. The van der Waals surface area contributed by atoms with Crippen molar-refractivity contribution in [3.8, 4) is 11.4 Å². The number of nitrogens with zero attached hydrogens (tertiary/aromatic N) is 2. The molecule has 0 unspecified atom stereocenters. The normalized spacial score (nSPS) is 10.3. The number of carbonyl (C=O) groups excluding carboxylic acids is 1.